The second-order valence-corrected chi connectivity index (χ2v) is 6.24. The van der Waals surface area contributed by atoms with E-state index in [0.717, 1.165) is 12.8 Å². The molecule has 2 amide bonds. The van der Waals surface area contributed by atoms with Crippen LogP contribution < -0.4 is 10.0 Å². The van der Waals surface area contributed by atoms with Gasteiger partial charge >= 0.3 is 0 Å². The van der Waals surface area contributed by atoms with E-state index >= 15 is 0 Å². The number of carbonyl (C=O) groups excluding carboxylic acids is 2. The average molecular weight is 312 g/mol. The molecule has 6 nitrogen and oxygen atoms in total. The van der Waals surface area contributed by atoms with Gasteiger partial charge in [-0.1, -0.05) is 20.3 Å². The van der Waals surface area contributed by atoms with E-state index in [9.17, 15) is 18.0 Å². The van der Waals surface area contributed by atoms with Gasteiger partial charge in [-0.15, -0.1) is 0 Å². The van der Waals surface area contributed by atoms with E-state index < -0.39 is 15.9 Å². The highest BCUT2D eigenvalue weighted by molar-refractivity contribution is 7.90. The lowest BCUT2D eigenvalue weighted by atomic mass is 10.2. The van der Waals surface area contributed by atoms with Crippen LogP contribution in [0.3, 0.4) is 0 Å². The van der Waals surface area contributed by atoms with Crippen LogP contribution in [0.15, 0.2) is 29.2 Å². The molecule has 116 valence electrons. The van der Waals surface area contributed by atoms with Crippen LogP contribution in [0.25, 0.3) is 0 Å². The van der Waals surface area contributed by atoms with Crippen LogP contribution >= 0.6 is 0 Å². The van der Waals surface area contributed by atoms with Gasteiger partial charge in [-0.2, -0.15) is 0 Å². The molecule has 0 aliphatic carbocycles. The van der Waals surface area contributed by atoms with Crippen molar-refractivity contribution in [2.45, 2.75) is 44.4 Å². The van der Waals surface area contributed by atoms with Gasteiger partial charge < -0.3 is 5.32 Å². The van der Waals surface area contributed by atoms with Gasteiger partial charge in [-0.25, -0.2) is 13.1 Å². The van der Waals surface area contributed by atoms with Gasteiger partial charge in [0.2, 0.25) is 11.8 Å². The summed E-state index contributed by atoms with van der Waals surface area (Å²) in [6, 6.07) is 5.69. The Morgan fingerprint density at radius 3 is 2.19 bits per heavy atom. The predicted molar refractivity (Wildman–Crippen MR) is 80.2 cm³/mol. The van der Waals surface area contributed by atoms with E-state index in [-0.39, 0.29) is 17.2 Å². The summed E-state index contributed by atoms with van der Waals surface area (Å²) in [6.07, 6.45) is 2.26. The van der Waals surface area contributed by atoms with E-state index in [2.05, 4.69) is 5.32 Å². The van der Waals surface area contributed by atoms with Crippen LogP contribution in [0.4, 0.5) is 5.69 Å². The molecule has 7 heteroatoms. The molecule has 0 radical (unpaired) electrons. The first-order chi connectivity index (χ1) is 9.89. The van der Waals surface area contributed by atoms with Crippen LogP contribution in [0.5, 0.6) is 0 Å². The molecule has 21 heavy (non-hydrogen) atoms. The largest absolute Gasteiger partial charge is 0.326 e. The minimum absolute atomic E-state index is 0.0177. The highest BCUT2D eigenvalue weighted by Crippen LogP contribution is 2.14. The third-order valence-corrected chi connectivity index (χ3v) is 4.16. The summed E-state index contributed by atoms with van der Waals surface area (Å²) < 4.78 is 25.7. The van der Waals surface area contributed by atoms with Crippen molar-refractivity contribution in [3.05, 3.63) is 24.3 Å². The maximum Gasteiger partial charge on any atom is 0.264 e. The molecule has 0 saturated heterocycles. The zero-order chi connectivity index (χ0) is 15.9. The highest BCUT2D eigenvalue weighted by atomic mass is 32.2. The molecule has 0 fully saturated rings. The van der Waals surface area contributed by atoms with Gasteiger partial charge in [0.15, 0.2) is 0 Å². The molecule has 0 aliphatic heterocycles. The van der Waals surface area contributed by atoms with E-state index in [1.54, 1.807) is 6.92 Å². The third kappa shape index (κ3) is 5.55. The number of nitrogens with one attached hydrogen (secondary N) is 2. The molecule has 0 heterocycles. The van der Waals surface area contributed by atoms with Gasteiger partial charge in [0.25, 0.3) is 10.0 Å². The lowest BCUT2D eigenvalue weighted by molar-refractivity contribution is -0.119. The molecular formula is C14H20N2O4S. The summed E-state index contributed by atoms with van der Waals surface area (Å²) in [6.45, 7) is 3.57. The fourth-order valence-electron chi connectivity index (χ4n) is 1.56. The normalized spacial score (nSPS) is 11.0. The average Bonchev–Trinajstić information content (AvgIpc) is 2.45. The molecule has 0 bridgehead atoms. The van der Waals surface area contributed by atoms with E-state index in [1.165, 1.54) is 24.3 Å². The maximum atomic E-state index is 11.9. The van der Waals surface area contributed by atoms with Crippen molar-refractivity contribution in [2.75, 3.05) is 5.32 Å². The summed E-state index contributed by atoms with van der Waals surface area (Å²) in [7, 11) is -3.84. The van der Waals surface area contributed by atoms with Crippen molar-refractivity contribution in [3.63, 3.8) is 0 Å². The summed E-state index contributed by atoms with van der Waals surface area (Å²) >= 11 is 0. The van der Waals surface area contributed by atoms with E-state index in [1.807, 2.05) is 11.6 Å². The monoisotopic (exact) mass is 312 g/mol. The summed E-state index contributed by atoms with van der Waals surface area (Å²) in [4.78, 5) is 22.7. The lowest BCUT2D eigenvalue weighted by Crippen LogP contribution is -2.29. The first-order valence-electron chi connectivity index (χ1n) is 6.84. The number of amides is 2. The van der Waals surface area contributed by atoms with Crippen LogP contribution in [-0.4, -0.2) is 20.2 Å². The number of hydrogen-bond acceptors (Lipinski definition) is 4. The lowest BCUT2D eigenvalue weighted by Gasteiger charge is -2.08. The fourth-order valence-corrected chi connectivity index (χ4v) is 2.62. The van der Waals surface area contributed by atoms with Gasteiger partial charge in [0, 0.05) is 18.5 Å². The van der Waals surface area contributed by atoms with Crippen molar-refractivity contribution in [1.82, 2.24) is 4.72 Å². The van der Waals surface area contributed by atoms with Crippen LogP contribution in [-0.2, 0) is 19.6 Å². The van der Waals surface area contributed by atoms with Crippen LogP contribution in [0, 0.1) is 0 Å². The molecule has 1 rings (SSSR count). The first-order valence-corrected chi connectivity index (χ1v) is 8.33. The summed E-state index contributed by atoms with van der Waals surface area (Å²) in [5.74, 6) is -0.668. The Morgan fingerprint density at radius 2 is 1.67 bits per heavy atom. The number of carbonyl (C=O) groups is 2. The smallest absolute Gasteiger partial charge is 0.264 e. The maximum absolute atomic E-state index is 11.9. The molecular weight excluding hydrogens is 292 g/mol. The topological polar surface area (TPSA) is 92.3 Å². The quantitative estimate of drug-likeness (QED) is 0.805. The van der Waals surface area contributed by atoms with Crippen molar-refractivity contribution < 1.29 is 18.0 Å². The molecule has 0 atom stereocenters. The van der Waals surface area contributed by atoms with Gasteiger partial charge in [0.1, 0.15) is 0 Å². The molecule has 0 unspecified atom stereocenters. The number of anilines is 1. The molecule has 2 N–H and O–H groups in total. The van der Waals surface area contributed by atoms with Crippen molar-refractivity contribution >= 4 is 27.5 Å². The van der Waals surface area contributed by atoms with Gasteiger partial charge in [-0.3, -0.25) is 9.59 Å². The van der Waals surface area contributed by atoms with Crippen molar-refractivity contribution in [1.29, 1.82) is 0 Å². The molecule has 1 aromatic rings. The van der Waals surface area contributed by atoms with E-state index in [4.69, 9.17) is 0 Å². The SMILES string of the molecule is CCCCC(=O)Nc1ccc(S(=O)(=O)NC(=O)CC)cc1. The minimum Gasteiger partial charge on any atom is -0.326 e. The first kappa shape index (κ1) is 17.2. The Kier molecular flexibility index (Phi) is 6.36. The molecule has 0 aromatic heterocycles. The Balaban J connectivity index is 2.74. The predicted octanol–water partition coefficient (Wildman–Crippen LogP) is 2.03. The fraction of sp³-hybridized carbons (Fsp3) is 0.429. The number of hydrogen-bond donors (Lipinski definition) is 2. The molecule has 0 aliphatic rings. The number of unbranched alkanes of at least 4 members (excludes halogenated alkanes) is 1. The zero-order valence-electron chi connectivity index (χ0n) is 12.2. The number of sulfonamides is 1. The van der Waals surface area contributed by atoms with Crippen molar-refractivity contribution in [2.24, 2.45) is 0 Å². The standard InChI is InChI=1S/C14H20N2O4S/c1-3-5-6-14(18)15-11-7-9-12(10-8-11)21(19,20)16-13(17)4-2/h7-10H,3-6H2,1-2H3,(H,15,18)(H,16,17). The van der Waals surface area contributed by atoms with Gasteiger partial charge in [-0.05, 0) is 30.7 Å². The Labute approximate surface area is 125 Å². The summed E-state index contributed by atoms with van der Waals surface area (Å²) in [5, 5.41) is 2.69. The van der Waals surface area contributed by atoms with Gasteiger partial charge in [0.05, 0.1) is 4.90 Å². The second kappa shape index (κ2) is 7.78. The Morgan fingerprint density at radius 1 is 1.05 bits per heavy atom. The second-order valence-electron chi connectivity index (χ2n) is 4.56. The highest BCUT2D eigenvalue weighted by Gasteiger charge is 2.16. The van der Waals surface area contributed by atoms with E-state index in [0.29, 0.717) is 12.1 Å². The molecule has 0 spiro atoms. The zero-order valence-corrected chi connectivity index (χ0v) is 13.0. The third-order valence-electron chi connectivity index (χ3n) is 2.78. The molecule has 0 saturated carbocycles. The Hall–Kier alpha value is -1.89. The number of benzene rings is 1. The summed E-state index contributed by atoms with van der Waals surface area (Å²) in [5.41, 5.74) is 0.525. The van der Waals surface area contributed by atoms with Crippen LogP contribution in [0.2, 0.25) is 0 Å². The Bertz CT molecular complexity index is 594. The van der Waals surface area contributed by atoms with Crippen LogP contribution in [0.1, 0.15) is 39.5 Å². The number of rotatable bonds is 7. The van der Waals surface area contributed by atoms with Crippen molar-refractivity contribution in [3.8, 4) is 0 Å². The minimum atomic E-state index is -3.84. The molecule has 1 aromatic carbocycles.